The van der Waals surface area contributed by atoms with Gasteiger partial charge in [-0.05, 0) is 31.7 Å². The molecule has 26 heavy (non-hydrogen) atoms. The van der Waals surface area contributed by atoms with Crippen molar-refractivity contribution in [3.8, 4) is 0 Å². The van der Waals surface area contributed by atoms with Gasteiger partial charge in [-0.1, -0.05) is 6.42 Å². The fraction of sp³-hybridized carbons (Fsp3) is 0.647. The third kappa shape index (κ3) is 3.84. The maximum atomic E-state index is 13.2. The van der Waals surface area contributed by atoms with Gasteiger partial charge in [0.25, 0.3) is 5.69 Å². The van der Waals surface area contributed by atoms with E-state index in [1.807, 2.05) is 11.8 Å². The van der Waals surface area contributed by atoms with E-state index in [0.29, 0.717) is 31.4 Å². The quantitative estimate of drug-likeness (QED) is 0.530. The molecular formula is C17H25N3O5S. The van der Waals surface area contributed by atoms with Gasteiger partial charge < -0.3 is 9.64 Å². The van der Waals surface area contributed by atoms with Crippen LogP contribution in [0.5, 0.6) is 0 Å². The Morgan fingerprint density at radius 3 is 2.54 bits per heavy atom. The van der Waals surface area contributed by atoms with Crippen molar-refractivity contribution in [1.82, 2.24) is 4.31 Å². The van der Waals surface area contributed by atoms with E-state index in [2.05, 4.69) is 0 Å². The van der Waals surface area contributed by atoms with Crippen LogP contribution in [0.3, 0.4) is 0 Å². The number of benzene rings is 1. The maximum Gasteiger partial charge on any atom is 0.270 e. The number of rotatable bonds is 7. The highest BCUT2D eigenvalue weighted by Gasteiger charge is 2.32. The molecule has 0 N–H and O–H groups in total. The number of ether oxygens (including phenoxy) is 1. The summed E-state index contributed by atoms with van der Waals surface area (Å²) in [4.78, 5) is 12.7. The summed E-state index contributed by atoms with van der Waals surface area (Å²) in [5, 5.41) is 11.2. The predicted octanol–water partition coefficient (Wildman–Crippen LogP) is 2.24. The third-order valence-electron chi connectivity index (χ3n) is 5.17. The molecule has 0 amide bonds. The number of morpholine rings is 1. The van der Waals surface area contributed by atoms with Gasteiger partial charge in [0.05, 0.1) is 23.8 Å². The van der Waals surface area contributed by atoms with Crippen LogP contribution in [-0.4, -0.2) is 57.0 Å². The lowest BCUT2D eigenvalue weighted by molar-refractivity contribution is -0.385. The van der Waals surface area contributed by atoms with Gasteiger partial charge in [0.15, 0.2) is 0 Å². The molecule has 0 spiro atoms. The zero-order valence-electron chi connectivity index (χ0n) is 15.0. The maximum absolute atomic E-state index is 13.2. The largest absolute Gasteiger partial charge is 0.379 e. The average molecular weight is 383 g/mol. The molecular weight excluding hydrogens is 358 g/mol. The Morgan fingerprint density at radius 1 is 1.31 bits per heavy atom. The number of hydrogen-bond acceptors (Lipinski definition) is 6. The van der Waals surface area contributed by atoms with Gasteiger partial charge in [0, 0.05) is 38.3 Å². The molecule has 1 aromatic carbocycles. The Morgan fingerprint density at radius 2 is 2.00 bits per heavy atom. The smallest absolute Gasteiger partial charge is 0.270 e. The summed E-state index contributed by atoms with van der Waals surface area (Å²) in [6.45, 7) is 4.61. The summed E-state index contributed by atoms with van der Waals surface area (Å²) in [5.74, 6) is 0.559. The first-order valence-electron chi connectivity index (χ1n) is 9.04. The molecule has 8 nitrogen and oxygen atoms in total. The molecule has 0 radical (unpaired) electrons. The number of nitrogens with zero attached hydrogens (tertiary/aromatic N) is 3. The van der Waals surface area contributed by atoms with E-state index in [1.54, 1.807) is 6.07 Å². The molecule has 1 aliphatic heterocycles. The lowest BCUT2D eigenvalue weighted by Crippen LogP contribution is -2.41. The molecule has 0 bridgehead atoms. The van der Waals surface area contributed by atoms with Gasteiger partial charge in [0.2, 0.25) is 10.0 Å². The zero-order chi connectivity index (χ0) is 18.7. The van der Waals surface area contributed by atoms with E-state index >= 15 is 0 Å². The van der Waals surface area contributed by atoms with Crippen LogP contribution in [0.2, 0.25) is 0 Å². The molecule has 3 rings (SSSR count). The topological polar surface area (TPSA) is 93.0 Å². The van der Waals surface area contributed by atoms with Crippen molar-refractivity contribution in [2.75, 3.05) is 44.3 Å². The Balaban J connectivity index is 2.01. The van der Waals surface area contributed by atoms with Gasteiger partial charge in [-0.3, -0.25) is 10.1 Å². The van der Waals surface area contributed by atoms with Crippen LogP contribution in [0.15, 0.2) is 23.1 Å². The minimum Gasteiger partial charge on any atom is -0.379 e. The standard InChI is InChI=1S/C17H25N3O5S/c1-2-18(13-14-4-3-5-14)16-7-6-15(20(21)22)12-17(16)26(23,24)19-8-10-25-11-9-19/h6-7,12,14H,2-5,8-11,13H2,1H3. The summed E-state index contributed by atoms with van der Waals surface area (Å²) in [6.07, 6.45) is 3.51. The first-order chi connectivity index (χ1) is 12.4. The fourth-order valence-electron chi connectivity index (χ4n) is 3.40. The van der Waals surface area contributed by atoms with Crippen LogP contribution in [0.25, 0.3) is 0 Å². The van der Waals surface area contributed by atoms with Crippen molar-refractivity contribution in [3.63, 3.8) is 0 Å². The molecule has 0 aromatic heterocycles. The van der Waals surface area contributed by atoms with Gasteiger partial charge in [0.1, 0.15) is 4.90 Å². The molecule has 1 aliphatic carbocycles. The average Bonchev–Trinajstić information content (AvgIpc) is 2.61. The molecule has 0 atom stereocenters. The second-order valence-corrected chi connectivity index (χ2v) is 8.67. The molecule has 1 saturated carbocycles. The normalized spacial score (nSPS) is 19.1. The molecule has 9 heteroatoms. The van der Waals surface area contributed by atoms with Gasteiger partial charge >= 0.3 is 0 Å². The van der Waals surface area contributed by atoms with Crippen LogP contribution in [0.1, 0.15) is 26.2 Å². The van der Waals surface area contributed by atoms with Gasteiger partial charge in [-0.15, -0.1) is 0 Å². The first-order valence-corrected chi connectivity index (χ1v) is 10.5. The predicted molar refractivity (Wildman–Crippen MR) is 97.9 cm³/mol. The fourth-order valence-corrected chi connectivity index (χ4v) is 5.03. The van der Waals surface area contributed by atoms with E-state index in [-0.39, 0.29) is 23.7 Å². The Kier molecular flexibility index (Phi) is 5.79. The minimum atomic E-state index is -3.82. The van der Waals surface area contributed by atoms with E-state index in [4.69, 9.17) is 4.74 Å². The number of sulfonamides is 1. The highest BCUT2D eigenvalue weighted by atomic mass is 32.2. The van der Waals surface area contributed by atoms with Crippen LogP contribution >= 0.6 is 0 Å². The van der Waals surface area contributed by atoms with Crippen molar-refractivity contribution < 1.29 is 18.1 Å². The molecule has 1 aromatic rings. The Bertz CT molecular complexity index is 758. The molecule has 1 saturated heterocycles. The first kappa shape index (κ1) is 19.1. The zero-order valence-corrected chi connectivity index (χ0v) is 15.8. The second kappa shape index (κ2) is 7.89. The van der Waals surface area contributed by atoms with Crippen molar-refractivity contribution >= 4 is 21.4 Å². The lowest BCUT2D eigenvalue weighted by atomic mass is 9.85. The van der Waals surface area contributed by atoms with Crippen LogP contribution in [0.4, 0.5) is 11.4 Å². The summed E-state index contributed by atoms with van der Waals surface area (Å²) in [6, 6.07) is 4.16. The number of anilines is 1. The number of non-ortho nitro benzene ring substituents is 1. The number of hydrogen-bond donors (Lipinski definition) is 0. The molecule has 144 valence electrons. The number of nitro benzene ring substituents is 1. The van der Waals surface area contributed by atoms with Crippen LogP contribution in [0, 0.1) is 16.0 Å². The van der Waals surface area contributed by atoms with Crippen molar-refractivity contribution in [1.29, 1.82) is 0 Å². The summed E-state index contributed by atoms with van der Waals surface area (Å²) in [7, 11) is -3.82. The van der Waals surface area contributed by atoms with E-state index < -0.39 is 14.9 Å². The molecule has 2 fully saturated rings. The third-order valence-corrected chi connectivity index (χ3v) is 7.10. The Labute approximate surface area is 153 Å². The number of nitro groups is 1. The monoisotopic (exact) mass is 383 g/mol. The highest BCUT2D eigenvalue weighted by molar-refractivity contribution is 7.89. The highest BCUT2D eigenvalue weighted by Crippen LogP contribution is 2.35. The van der Waals surface area contributed by atoms with Gasteiger partial charge in [-0.2, -0.15) is 4.31 Å². The SMILES string of the molecule is CCN(CC1CCC1)c1ccc([N+](=O)[O-])cc1S(=O)(=O)N1CCOCC1. The molecule has 2 aliphatic rings. The molecule has 1 heterocycles. The Hall–Kier alpha value is -1.71. The van der Waals surface area contributed by atoms with Crippen LogP contribution in [-0.2, 0) is 14.8 Å². The van der Waals surface area contributed by atoms with Crippen molar-refractivity contribution in [2.45, 2.75) is 31.1 Å². The lowest BCUT2D eigenvalue weighted by Gasteiger charge is -2.35. The minimum absolute atomic E-state index is 0.0229. The van der Waals surface area contributed by atoms with E-state index in [9.17, 15) is 18.5 Å². The summed E-state index contributed by atoms with van der Waals surface area (Å²) >= 11 is 0. The molecule has 0 unspecified atom stereocenters. The van der Waals surface area contributed by atoms with Crippen molar-refractivity contribution in [3.05, 3.63) is 28.3 Å². The van der Waals surface area contributed by atoms with Crippen molar-refractivity contribution in [2.24, 2.45) is 5.92 Å². The van der Waals surface area contributed by atoms with Crippen LogP contribution < -0.4 is 4.90 Å². The summed E-state index contributed by atoms with van der Waals surface area (Å²) < 4.78 is 33.0. The second-order valence-electron chi connectivity index (χ2n) is 6.76. The van der Waals surface area contributed by atoms with Gasteiger partial charge in [-0.25, -0.2) is 8.42 Å². The van der Waals surface area contributed by atoms with E-state index in [1.165, 1.54) is 22.9 Å². The van der Waals surface area contributed by atoms with E-state index in [0.717, 1.165) is 19.4 Å². The summed E-state index contributed by atoms with van der Waals surface area (Å²) in [5.41, 5.74) is 0.344.